The van der Waals surface area contributed by atoms with Crippen LogP contribution in [0.2, 0.25) is 0 Å². The van der Waals surface area contributed by atoms with Gasteiger partial charge in [-0.05, 0) is 37.0 Å². The summed E-state index contributed by atoms with van der Waals surface area (Å²) >= 11 is 3.57. The van der Waals surface area contributed by atoms with Crippen LogP contribution >= 0.6 is 15.9 Å². The highest BCUT2D eigenvalue weighted by Gasteiger charge is 2.24. The quantitative estimate of drug-likeness (QED) is 0.666. The van der Waals surface area contributed by atoms with Crippen molar-refractivity contribution < 1.29 is 4.74 Å². The lowest BCUT2D eigenvalue weighted by Gasteiger charge is -2.30. The van der Waals surface area contributed by atoms with Crippen molar-refractivity contribution in [2.75, 3.05) is 13.2 Å². The first-order chi connectivity index (χ1) is 8.22. The van der Waals surface area contributed by atoms with E-state index in [0.717, 1.165) is 24.1 Å². The lowest BCUT2D eigenvalue weighted by molar-refractivity contribution is 0.0390. The molecule has 1 aliphatic heterocycles. The number of aryl methyl sites for hydroxylation is 1. The van der Waals surface area contributed by atoms with Gasteiger partial charge in [-0.1, -0.05) is 28.1 Å². The summed E-state index contributed by atoms with van der Waals surface area (Å²) in [5, 5.41) is 0. The molecule has 0 aromatic heterocycles. The van der Waals surface area contributed by atoms with Crippen molar-refractivity contribution in [2.24, 2.45) is 11.8 Å². The Morgan fingerprint density at radius 2 is 2.35 bits per heavy atom. The molecule has 1 aliphatic rings. The number of halogens is 1. The van der Waals surface area contributed by atoms with Gasteiger partial charge in [0.1, 0.15) is 0 Å². The lowest BCUT2D eigenvalue weighted by Crippen LogP contribution is -2.37. The minimum Gasteiger partial charge on any atom is -0.381 e. The van der Waals surface area contributed by atoms with Gasteiger partial charge in [0, 0.05) is 17.0 Å². The highest BCUT2D eigenvalue weighted by atomic mass is 79.9. The third-order valence-corrected chi connectivity index (χ3v) is 4.26. The van der Waals surface area contributed by atoms with Crippen LogP contribution in [0, 0.1) is 12.8 Å². The van der Waals surface area contributed by atoms with Gasteiger partial charge >= 0.3 is 0 Å². The largest absolute Gasteiger partial charge is 0.381 e. The van der Waals surface area contributed by atoms with Gasteiger partial charge in [0.2, 0.25) is 0 Å². The number of ether oxygens (including phenoxy) is 1. The molecule has 0 amide bonds. The van der Waals surface area contributed by atoms with E-state index >= 15 is 0 Å². The van der Waals surface area contributed by atoms with E-state index in [1.54, 1.807) is 0 Å². The van der Waals surface area contributed by atoms with Crippen molar-refractivity contribution in [3.05, 3.63) is 33.8 Å². The van der Waals surface area contributed by atoms with Crippen molar-refractivity contribution in [1.29, 1.82) is 0 Å². The molecule has 0 spiro atoms. The van der Waals surface area contributed by atoms with Gasteiger partial charge in [0.05, 0.1) is 12.6 Å². The molecule has 1 aromatic carbocycles. The Kier molecular flexibility index (Phi) is 4.56. The Morgan fingerprint density at radius 3 is 2.94 bits per heavy atom. The molecule has 0 bridgehead atoms. The van der Waals surface area contributed by atoms with Crippen LogP contribution in [0.15, 0.2) is 22.7 Å². The average Bonchev–Trinajstić information content (AvgIpc) is 2.36. The fourth-order valence-corrected chi connectivity index (χ4v) is 2.73. The molecule has 1 fully saturated rings. The van der Waals surface area contributed by atoms with E-state index in [4.69, 9.17) is 10.6 Å². The first-order valence-electron chi connectivity index (χ1n) is 6.02. The zero-order valence-corrected chi connectivity index (χ0v) is 11.7. The molecule has 2 atom stereocenters. The number of nitrogens with two attached hydrogens (primary N) is 1. The third-order valence-electron chi connectivity index (χ3n) is 3.40. The summed E-state index contributed by atoms with van der Waals surface area (Å²) in [6.07, 6.45) is 2.29. The molecule has 1 aromatic rings. The van der Waals surface area contributed by atoms with Gasteiger partial charge in [-0.25, -0.2) is 0 Å². The second-order valence-electron chi connectivity index (χ2n) is 4.63. The molecule has 0 saturated carbocycles. The van der Waals surface area contributed by atoms with Gasteiger partial charge in [-0.15, -0.1) is 0 Å². The molecule has 0 radical (unpaired) electrons. The monoisotopic (exact) mass is 298 g/mol. The standard InChI is InChI=1S/C13H19BrN2O/c1-9-4-5-10(7-12(9)14)13(16-15)11-3-2-6-17-8-11/h4-5,7,11,13,16H,2-3,6,8,15H2,1H3. The second-order valence-corrected chi connectivity index (χ2v) is 5.48. The van der Waals surface area contributed by atoms with Crippen molar-refractivity contribution in [2.45, 2.75) is 25.8 Å². The Balaban J connectivity index is 2.18. The predicted octanol–water partition coefficient (Wildman–Crippen LogP) is 2.69. The molecule has 2 unspecified atom stereocenters. The maximum atomic E-state index is 5.70. The Morgan fingerprint density at radius 1 is 1.53 bits per heavy atom. The molecular weight excluding hydrogens is 280 g/mol. The highest BCUT2D eigenvalue weighted by Crippen LogP contribution is 2.30. The lowest BCUT2D eigenvalue weighted by atomic mass is 9.89. The van der Waals surface area contributed by atoms with Crippen LogP contribution in [0.3, 0.4) is 0 Å². The number of hydrogen-bond acceptors (Lipinski definition) is 3. The van der Waals surface area contributed by atoms with E-state index in [1.807, 2.05) is 0 Å². The summed E-state index contributed by atoms with van der Waals surface area (Å²) in [7, 11) is 0. The van der Waals surface area contributed by atoms with E-state index in [1.165, 1.54) is 17.5 Å². The van der Waals surface area contributed by atoms with Gasteiger partial charge in [-0.3, -0.25) is 11.3 Å². The molecule has 3 nitrogen and oxygen atoms in total. The summed E-state index contributed by atoms with van der Waals surface area (Å²) in [6.45, 7) is 3.76. The number of nitrogens with one attached hydrogen (secondary N) is 1. The van der Waals surface area contributed by atoms with Crippen LogP contribution in [0.5, 0.6) is 0 Å². The molecule has 1 heterocycles. The van der Waals surface area contributed by atoms with E-state index < -0.39 is 0 Å². The minimum atomic E-state index is 0.173. The Bertz CT molecular complexity index is 378. The summed E-state index contributed by atoms with van der Waals surface area (Å²) < 4.78 is 6.66. The van der Waals surface area contributed by atoms with E-state index in [-0.39, 0.29) is 6.04 Å². The molecule has 1 saturated heterocycles. The average molecular weight is 299 g/mol. The van der Waals surface area contributed by atoms with E-state index in [2.05, 4.69) is 46.5 Å². The first kappa shape index (κ1) is 13.0. The Labute approximate surface area is 111 Å². The van der Waals surface area contributed by atoms with Gasteiger partial charge < -0.3 is 4.74 Å². The summed E-state index contributed by atoms with van der Waals surface area (Å²) in [5.74, 6) is 6.16. The van der Waals surface area contributed by atoms with E-state index in [0.29, 0.717) is 5.92 Å². The summed E-state index contributed by atoms with van der Waals surface area (Å²) in [5.41, 5.74) is 5.40. The van der Waals surface area contributed by atoms with Crippen molar-refractivity contribution >= 4 is 15.9 Å². The van der Waals surface area contributed by atoms with Crippen LogP contribution in [0.4, 0.5) is 0 Å². The van der Waals surface area contributed by atoms with Crippen LogP contribution in [0.1, 0.15) is 30.0 Å². The van der Waals surface area contributed by atoms with Crippen molar-refractivity contribution in [3.63, 3.8) is 0 Å². The zero-order valence-electron chi connectivity index (χ0n) is 10.1. The van der Waals surface area contributed by atoms with Crippen LogP contribution in [0.25, 0.3) is 0 Å². The molecule has 17 heavy (non-hydrogen) atoms. The first-order valence-corrected chi connectivity index (χ1v) is 6.81. The Hall–Kier alpha value is -0.420. The minimum absolute atomic E-state index is 0.173. The van der Waals surface area contributed by atoms with Crippen molar-refractivity contribution in [1.82, 2.24) is 5.43 Å². The number of hydrazine groups is 1. The van der Waals surface area contributed by atoms with Crippen molar-refractivity contribution in [3.8, 4) is 0 Å². The molecule has 2 rings (SSSR count). The van der Waals surface area contributed by atoms with Crippen LogP contribution in [-0.2, 0) is 4.74 Å². The maximum Gasteiger partial charge on any atom is 0.0513 e. The maximum absolute atomic E-state index is 5.70. The topological polar surface area (TPSA) is 47.3 Å². The molecule has 0 aliphatic carbocycles. The molecule has 4 heteroatoms. The highest BCUT2D eigenvalue weighted by molar-refractivity contribution is 9.10. The predicted molar refractivity (Wildman–Crippen MR) is 72.5 cm³/mol. The fourth-order valence-electron chi connectivity index (χ4n) is 2.34. The number of rotatable bonds is 3. The number of hydrogen-bond donors (Lipinski definition) is 2. The SMILES string of the molecule is Cc1ccc(C(NN)C2CCCOC2)cc1Br. The second kappa shape index (κ2) is 5.96. The summed E-state index contributed by atoms with van der Waals surface area (Å²) in [6, 6.07) is 6.58. The number of benzene rings is 1. The van der Waals surface area contributed by atoms with Crippen LogP contribution < -0.4 is 11.3 Å². The smallest absolute Gasteiger partial charge is 0.0513 e. The summed E-state index contributed by atoms with van der Waals surface area (Å²) in [4.78, 5) is 0. The van der Waals surface area contributed by atoms with Gasteiger partial charge in [0.25, 0.3) is 0 Å². The van der Waals surface area contributed by atoms with Crippen LogP contribution in [-0.4, -0.2) is 13.2 Å². The normalized spacial score (nSPS) is 22.4. The molecule has 94 valence electrons. The van der Waals surface area contributed by atoms with E-state index in [9.17, 15) is 0 Å². The molecule has 3 N–H and O–H groups in total. The fraction of sp³-hybridized carbons (Fsp3) is 0.538. The van der Waals surface area contributed by atoms with Gasteiger partial charge in [0.15, 0.2) is 0 Å². The molecular formula is C13H19BrN2O. The third kappa shape index (κ3) is 3.07. The zero-order chi connectivity index (χ0) is 12.3. The van der Waals surface area contributed by atoms with Gasteiger partial charge in [-0.2, -0.15) is 0 Å².